The third-order valence-corrected chi connectivity index (χ3v) is 4.61. The molecule has 1 aliphatic carbocycles. The summed E-state index contributed by atoms with van der Waals surface area (Å²) in [5.74, 6) is -0.0503. The van der Waals surface area contributed by atoms with Gasteiger partial charge in [-0.1, -0.05) is 19.8 Å². The monoisotopic (exact) mass is 322 g/mol. The molecule has 1 aromatic rings. The second kappa shape index (κ2) is 7.73. The average molecular weight is 322 g/mol. The second-order valence-corrected chi connectivity index (χ2v) is 6.32. The van der Waals surface area contributed by atoms with Crippen LogP contribution in [0.1, 0.15) is 54.2 Å². The summed E-state index contributed by atoms with van der Waals surface area (Å²) in [6.45, 7) is 6.19. The highest BCUT2D eigenvalue weighted by atomic mass is 16.6. The lowest BCUT2D eigenvalue weighted by atomic mass is 9.88. The number of ether oxygens (including phenoxy) is 2. The largest absolute Gasteiger partial charge is 0.459 e. The molecule has 0 aliphatic heterocycles. The fourth-order valence-electron chi connectivity index (χ4n) is 3.02. The summed E-state index contributed by atoms with van der Waals surface area (Å²) in [7, 11) is 1.53. The summed E-state index contributed by atoms with van der Waals surface area (Å²) in [5, 5.41) is 4.05. The lowest BCUT2D eigenvalue weighted by Crippen LogP contribution is -2.31. The molecule has 1 heterocycles. The van der Waals surface area contributed by atoms with Crippen molar-refractivity contribution >= 4 is 5.97 Å². The maximum absolute atomic E-state index is 12.2. The highest BCUT2D eigenvalue weighted by molar-refractivity contribution is 5.90. The molecule has 0 unspecified atom stereocenters. The van der Waals surface area contributed by atoms with Gasteiger partial charge in [0.2, 0.25) is 0 Å². The smallest absolute Gasteiger partial charge is 0.344 e. The summed E-state index contributed by atoms with van der Waals surface area (Å²) in [4.78, 5) is 24.3. The molecule has 0 aromatic carbocycles. The van der Waals surface area contributed by atoms with Gasteiger partial charge in [-0.05, 0) is 38.2 Å². The van der Waals surface area contributed by atoms with Crippen LogP contribution in [0.15, 0.2) is 4.79 Å². The molecule has 0 spiro atoms. The zero-order valence-corrected chi connectivity index (χ0v) is 14.4. The van der Waals surface area contributed by atoms with E-state index in [2.05, 4.69) is 12.0 Å². The third kappa shape index (κ3) is 4.19. The van der Waals surface area contributed by atoms with Gasteiger partial charge in [-0.15, -0.1) is 0 Å². The van der Waals surface area contributed by atoms with Gasteiger partial charge in [0.05, 0.1) is 18.4 Å². The minimum atomic E-state index is -0.603. The van der Waals surface area contributed by atoms with E-state index in [1.54, 1.807) is 13.8 Å². The molecular weight excluding hydrogens is 296 g/mol. The van der Waals surface area contributed by atoms with Crippen LogP contribution in [-0.4, -0.2) is 35.1 Å². The van der Waals surface area contributed by atoms with Crippen LogP contribution in [0.25, 0.3) is 0 Å². The molecule has 1 aliphatic rings. The van der Waals surface area contributed by atoms with E-state index >= 15 is 0 Å². The quantitative estimate of drug-likeness (QED) is 0.613. The van der Waals surface area contributed by atoms with Gasteiger partial charge in [0.25, 0.3) is 5.56 Å². The van der Waals surface area contributed by atoms with Gasteiger partial charge in [-0.3, -0.25) is 4.79 Å². The fraction of sp³-hybridized carbons (Fsp3) is 0.706. The van der Waals surface area contributed by atoms with Gasteiger partial charge in [-0.2, -0.15) is 5.10 Å². The summed E-state index contributed by atoms with van der Waals surface area (Å²) in [6.07, 6.45) is 4.97. The van der Waals surface area contributed by atoms with Gasteiger partial charge < -0.3 is 9.47 Å². The van der Waals surface area contributed by atoms with Crippen LogP contribution in [0.4, 0.5) is 0 Å². The normalized spacial score (nSPS) is 21.2. The first-order valence-corrected chi connectivity index (χ1v) is 8.25. The van der Waals surface area contributed by atoms with E-state index in [0.29, 0.717) is 23.8 Å². The van der Waals surface area contributed by atoms with Crippen molar-refractivity contribution in [3.63, 3.8) is 0 Å². The molecule has 0 radical (unpaired) electrons. The molecule has 23 heavy (non-hydrogen) atoms. The van der Waals surface area contributed by atoms with E-state index in [4.69, 9.17) is 9.47 Å². The first-order chi connectivity index (χ1) is 10.9. The maximum Gasteiger partial charge on any atom is 0.344 e. The standard InChI is InChI=1S/C17H26N2O4/c1-11-7-5-6-8-14(11)22-9-10-23-17(21)15-12(2)13(3)18-19(4)16(15)20/h11,14H,5-10H2,1-4H3/t11-,14-/m1/s1. The number of hydrogen-bond donors (Lipinski definition) is 0. The molecule has 2 atom stereocenters. The number of nitrogens with zero attached hydrogens (tertiary/aromatic N) is 2. The SMILES string of the molecule is Cc1nn(C)c(=O)c(C(=O)OCCO[C@@H]2CCCC[C@H]2C)c1C. The summed E-state index contributed by atoms with van der Waals surface area (Å²) in [6, 6.07) is 0. The van der Waals surface area contributed by atoms with Gasteiger partial charge in [0.1, 0.15) is 12.2 Å². The van der Waals surface area contributed by atoms with E-state index < -0.39 is 11.5 Å². The van der Waals surface area contributed by atoms with Crippen molar-refractivity contribution in [2.24, 2.45) is 13.0 Å². The number of hydrogen-bond acceptors (Lipinski definition) is 5. The molecule has 1 fully saturated rings. The number of aromatic nitrogens is 2. The fourth-order valence-corrected chi connectivity index (χ4v) is 3.02. The van der Waals surface area contributed by atoms with Crippen LogP contribution < -0.4 is 5.56 Å². The molecule has 6 heteroatoms. The van der Waals surface area contributed by atoms with Crippen molar-refractivity contribution in [3.8, 4) is 0 Å². The Morgan fingerprint density at radius 3 is 2.65 bits per heavy atom. The highest BCUT2D eigenvalue weighted by Gasteiger charge is 2.22. The molecule has 0 amide bonds. The predicted molar refractivity (Wildman–Crippen MR) is 86.6 cm³/mol. The van der Waals surface area contributed by atoms with E-state index in [0.717, 1.165) is 6.42 Å². The number of carbonyl (C=O) groups is 1. The number of rotatable bonds is 5. The summed E-state index contributed by atoms with van der Waals surface area (Å²) in [5.41, 5.74) is 0.845. The predicted octanol–water partition coefficient (Wildman–Crippen LogP) is 2.15. The highest BCUT2D eigenvalue weighted by Crippen LogP contribution is 2.26. The Bertz CT molecular complexity index is 624. The lowest BCUT2D eigenvalue weighted by Gasteiger charge is -2.28. The van der Waals surface area contributed by atoms with E-state index in [1.165, 1.54) is 31.0 Å². The molecule has 0 N–H and O–H groups in total. The molecule has 1 saturated carbocycles. The van der Waals surface area contributed by atoms with Crippen LogP contribution >= 0.6 is 0 Å². The molecule has 1 aromatic heterocycles. The van der Waals surface area contributed by atoms with Gasteiger partial charge in [0.15, 0.2) is 0 Å². The maximum atomic E-state index is 12.2. The van der Waals surface area contributed by atoms with Crippen LogP contribution in [0.2, 0.25) is 0 Å². The first-order valence-electron chi connectivity index (χ1n) is 8.25. The molecule has 0 bridgehead atoms. The molecule has 2 rings (SSSR count). The third-order valence-electron chi connectivity index (χ3n) is 4.61. The van der Waals surface area contributed by atoms with Crippen LogP contribution in [-0.2, 0) is 16.5 Å². The molecule has 0 saturated heterocycles. The molecule has 6 nitrogen and oxygen atoms in total. The van der Waals surface area contributed by atoms with Crippen molar-refractivity contribution in [2.45, 2.75) is 52.6 Å². The van der Waals surface area contributed by atoms with Crippen molar-refractivity contribution in [3.05, 3.63) is 27.2 Å². The Kier molecular flexibility index (Phi) is 5.93. The van der Waals surface area contributed by atoms with E-state index in [9.17, 15) is 9.59 Å². The number of carbonyl (C=O) groups excluding carboxylic acids is 1. The van der Waals surface area contributed by atoms with Gasteiger partial charge >= 0.3 is 5.97 Å². The lowest BCUT2D eigenvalue weighted by molar-refractivity contribution is -0.0272. The van der Waals surface area contributed by atoms with Crippen LogP contribution in [0.5, 0.6) is 0 Å². The Morgan fingerprint density at radius 1 is 1.26 bits per heavy atom. The topological polar surface area (TPSA) is 70.4 Å². The van der Waals surface area contributed by atoms with Crippen LogP contribution in [0.3, 0.4) is 0 Å². The zero-order chi connectivity index (χ0) is 17.0. The van der Waals surface area contributed by atoms with Crippen molar-refractivity contribution < 1.29 is 14.3 Å². The van der Waals surface area contributed by atoms with Crippen LogP contribution in [0, 0.1) is 19.8 Å². The minimum Gasteiger partial charge on any atom is -0.459 e. The second-order valence-electron chi connectivity index (χ2n) is 6.32. The Labute approximate surface area is 136 Å². The van der Waals surface area contributed by atoms with Crippen molar-refractivity contribution in [1.82, 2.24) is 9.78 Å². The van der Waals surface area contributed by atoms with Gasteiger partial charge in [0, 0.05) is 7.05 Å². The summed E-state index contributed by atoms with van der Waals surface area (Å²) < 4.78 is 12.2. The molecule has 128 valence electrons. The van der Waals surface area contributed by atoms with Gasteiger partial charge in [-0.25, -0.2) is 9.48 Å². The van der Waals surface area contributed by atoms with E-state index in [1.807, 2.05) is 0 Å². The average Bonchev–Trinajstić information content (AvgIpc) is 2.51. The summed E-state index contributed by atoms with van der Waals surface area (Å²) >= 11 is 0. The van der Waals surface area contributed by atoms with Crippen molar-refractivity contribution in [2.75, 3.05) is 13.2 Å². The van der Waals surface area contributed by atoms with E-state index in [-0.39, 0.29) is 18.3 Å². The van der Waals surface area contributed by atoms with Crippen molar-refractivity contribution in [1.29, 1.82) is 0 Å². The Balaban J connectivity index is 1.89. The Morgan fingerprint density at radius 2 is 1.96 bits per heavy atom. The number of esters is 1. The first kappa shape index (κ1) is 17.7. The Hall–Kier alpha value is -1.69. The zero-order valence-electron chi connectivity index (χ0n) is 14.4. The molecular formula is C17H26N2O4. The minimum absolute atomic E-state index is 0.0611. The number of aryl methyl sites for hydroxylation is 2.